The highest BCUT2D eigenvalue weighted by atomic mass is 32.2. The van der Waals surface area contributed by atoms with Gasteiger partial charge in [-0.25, -0.2) is 8.42 Å². The maximum absolute atomic E-state index is 12.6. The molecule has 0 bridgehead atoms. The van der Waals surface area contributed by atoms with E-state index in [9.17, 15) is 13.2 Å². The molecular formula is C19H23N3O4S. The lowest BCUT2D eigenvalue weighted by molar-refractivity contribution is -0.127. The van der Waals surface area contributed by atoms with E-state index in [-0.39, 0.29) is 11.8 Å². The number of aromatic nitrogens is 2. The van der Waals surface area contributed by atoms with Crippen LogP contribution in [0.25, 0.3) is 6.08 Å². The van der Waals surface area contributed by atoms with E-state index in [0.717, 1.165) is 18.2 Å². The fourth-order valence-corrected chi connectivity index (χ4v) is 3.47. The monoisotopic (exact) mass is 389 g/mol. The second kappa shape index (κ2) is 7.64. The topological polar surface area (TPSA) is 93.4 Å². The molecule has 27 heavy (non-hydrogen) atoms. The lowest BCUT2D eigenvalue weighted by atomic mass is 10.0. The molecule has 2 heterocycles. The molecule has 1 saturated heterocycles. The minimum Gasteiger partial charge on any atom is -0.410 e. The molecule has 1 fully saturated rings. The third-order valence-electron chi connectivity index (χ3n) is 4.58. The van der Waals surface area contributed by atoms with Gasteiger partial charge in [0.1, 0.15) is 6.04 Å². The Morgan fingerprint density at radius 3 is 2.56 bits per heavy atom. The van der Waals surface area contributed by atoms with Crippen molar-refractivity contribution in [1.82, 2.24) is 15.1 Å². The number of carbonyl (C=O) groups is 1. The number of benzene rings is 1. The molecule has 0 spiro atoms. The Bertz CT molecular complexity index is 946. The molecule has 0 saturated carbocycles. The van der Waals surface area contributed by atoms with Crippen LogP contribution >= 0.6 is 0 Å². The second-order valence-corrected chi connectivity index (χ2v) is 8.92. The predicted octanol–water partition coefficient (Wildman–Crippen LogP) is 2.97. The van der Waals surface area contributed by atoms with E-state index in [1.165, 1.54) is 11.6 Å². The molecule has 0 radical (unpaired) electrons. The Labute approximate surface area is 159 Å². The number of hydrogen-bond acceptors (Lipinski definition) is 6. The van der Waals surface area contributed by atoms with Crippen molar-refractivity contribution in [3.8, 4) is 0 Å². The number of nitrogens with zero attached hydrogens (tertiary/aromatic N) is 3. The molecule has 3 rings (SSSR count). The SMILES string of the molecule is CC(C)c1ccc(/C=C/C(=O)N2CCC[C@H]2c2nnc(S(C)(=O)=O)o2)cc1. The fraction of sp³-hybridized carbons (Fsp3) is 0.421. The van der Waals surface area contributed by atoms with Crippen molar-refractivity contribution in [2.24, 2.45) is 0 Å². The van der Waals surface area contributed by atoms with Crippen molar-refractivity contribution in [1.29, 1.82) is 0 Å². The number of sulfone groups is 1. The van der Waals surface area contributed by atoms with Crippen LogP contribution < -0.4 is 0 Å². The van der Waals surface area contributed by atoms with E-state index in [0.29, 0.717) is 18.9 Å². The Hall–Kier alpha value is -2.48. The minimum atomic E-state index is -3.56. The zero-order valence-corrected chi connectivity index (χ0v) is 16.4. The Morgan fingerprint density at radius 1 is 1.26 bits per heavy atom. The van der Waals surface area contributed by atoms with Crippen LogP contribution in [0.4, 0.5) is 0 Å². The van der Waals surface area contributed by atoms with Crippen LogP contribution in [-0.2, 0) is 14.6 Å². The molecular weight excluding hydrogens is 366 g/mol. The molecule has 0 unspecified atom stereocenters. The average Bonchev–Trinajstić information content (AvgIpc) is 3.28. The summed E-state index contributed by atoms with van der Waals surface area (Å²) in [6, 6.07) is 7.68. The van der Waals surface area contributed by atoms with E-state index in [2.05, 4.69) is 36.2 Å². The normalized spacial score (nSPS) is 17.9. The smallest absolute Gasteiger partial charge is 0.335 e. The van der Waals surface area contributed by atoms with Crippen LogP contribution in [0.1, 0.15) is 55.7 Å². The fourth-order valence-electron chi connectivity index (χ4n) is 3.05. The molecule has 1 aromatic heterocycles. The highest BCUT2D eigenvalue weighted by Crippen LogP contribution is 2.32. The maximum Gasteiger partial charge on any atom is 0.335 e. The quantitative estimate of drug-likeness (QED) is 0.730. The second-order valence-electron chi connectivity index (χ2n) is 7.02. The standard InChI is InChI=1S/C19H23N3O4S/c1-13(2)15-9-6-14(7-10-15)8-11-17(23)22-12-4-5-16(22)18-20-21-19(26-18)27(3,24)25/h6-11,13,16H,4-5,12H2,1-3H3/b11-8+/t16-/m0/s1. The van der Waals surface area contributed by atoms with Crippen LogP contribution in [0.2, 0.25) is 0 Å². The van der Waals surface area contributed by atoms with Crippen LogP contribution in [-0.4, -0.2) is 42.2 Å². The summed E-state index contributed by atoms with van der Waals surface area (Å²) in [6.45, 7) is 4.83. The van der Waals surface area contributed by atoms with E-state index in [1.807, 2.05) is 12.1 Å². The van der Waals surface area contributed by atoms with Crippen molar-refractivity contribution >= 4 is 21.8 Å². The van der Waals surface area contributed by atoms with Crippen molar-refractivity contribution in [3.05, 3.63) is 47.4 Å². The number of likely N-dealkylation sites (tertiary alicyclic amines) is 1. The molecule has 1 aromatic carbocycles. The Morgan fingerprint density at radius 2 is 1.96 bits per heavy atom. The molecule has 0 N–H and O–H groups in total. The highest BCUT2D eigenvalue weighted by molar-refractivity contribution is 7.90. The lowest BCUT2D eigenvalue weighted by Gasteiger charge is -2.20. The van der Waals surface area contributed by atoms with Gasteiger partial charge in [-0.15, -0.1) is 5.10 Å². The first-order valence-electron chi connectivity index (χ1n) is 8.88. The molecule has 7 nitrogen and oxygen atoms in total. The largest absolute Gasteiger partial charge is 0.410 e. The first-order valence-corrected chi connectivity index (χ1v) is 10.8. The van der Waals surface area contributed by atoms with Gasteiger partial charge >= 0.3 is 5.22 Å². The molecule has 1 aliphatic rings. The van der Waals surface area contributed by atoms with Gasteiger partial charge in [0.15, 0.2) is 0 Å². The first-order chi connectivity index (χ1) is 12.8. The molecule has 1 amide bonds. The van der Waals surface area contributed by atoms with Gasteiger partial charge in [0.2, 0.25) is 21.6 Å². The Balaban J connectivity index is 1.72. The van der Waals surface area contributed by atoms with Crippen molar-refractivity contribution in [2.75, 3.05) is 12.8 Å². The molecule has 0 aliphatic carbocycles. The third kappa shape index (κ3) is 4.44. The molecule has 8 heteroatoms. The zero-order chi connectivity index (χ0) is 19.6. The summed E-state index contributed by atoms with van der Waals surface area (Å²) in [7, 11) is -3.56. The van der Waals surface area contributed by atoms with Crippen LogP contribution in [0.15, 0.2) is 40.0 Å². The summed E-state index contributed by atoms with van der Waals surface area (Å²) in [5, 5.41) is 6.99. The lowest BCUT2D eigenvalue weighted by Crippen LogP contribution is -2.29. The van der Waals surface area contributed by atoms with Gasteiger partial charge in [-0.1, -0.05) is 43.2 Å². The van der Waals surface area contributed by atoms with Gasteiger partial charge < -0.3 is 9.32 Å². The van der Waals surface area contributed by atoms with E-state index >= 15 is 0 Å². The van der Waals surface area contributed by atoms with Crippen LogP contribution in [0, 0.1) is 0 Å². The molecule has 1 atom stereocenters. The summed E-state index contributed by atoms with van der Waals surface area (Å²) in [5.41, 5.74) is 2.19. The minimum absolute atomic E-state index is 0.162. The summed E-state index contributed by atoms with van der Waals surface area (Å²) in [4.78, 5) is 14.2. The van der Waals surface area contributed by atoms with E-state index < -0.39 is 21.1 Å². The van der Waals surface area contributed by atoms with Crippen molar-refractivity contribution in [2.45, 2.75) is 43.9 Å². The summed E-state index contributed by atoms with van der Waals surface area (Å²) in [5.74, 6) is 0.460. The van der Waals surface area contributed by atoms with Gasteiger partial charge in [0, 0.05) is 18.9 Å². The average molecular weight is 389 g/mol. The third-order valence-corrected chi connectivity index (χ3v) is 5.38. The number of carbonyl (C=O) groups excluding carboxylic acids is 1. The molecule has 1 aliphatic heterocycles. The van der Waals surface area contributed by atoms with Crippen LogP contribution in [0.3, 0.4) is 0 Å². The molecule has 2 aromatic rings. The zero-order valence-electron chi connectivity index (χ0n) is 15.6. The van der Waals surface area contributed by atoms with Crippen LogP contribution in [0.5, 0.6) is 0 Å². The van der Waals surface area contributed by atoms with Crippen molar-refractivity contribution in [3.63, 3.8) is 0 Å². The summed E-state index contributed by atoms with van der Waals surface area (Å²) < 4.78 is 28.3. The first kappa shape index (κ1) is 19.3. The number of hydrogen-bond donors (Lipinski definition) is 0. The number of rotatable bonds is 5. The van der Waals surface area contributed by atoms with Gasteiger partial charge in [0.25, 0.3) is 0 Å². The van der Waals surface area contributed by atoms with E-state index in [1.54, 1.807) is 11.0 Å². The Kier molecular flexibility index (Phi) is 5.46. The van der Waals surface area contributed by atoms with Gasteiger partial charge in [0.05, 0.1) is 0 Å². The van der Waals surface area contributed by atoms with Gasteiger partial charge in [-0.3, -0.25) is 4.79 Å². The summed E-state index contributed by atoms with van der Waals surface area (Å²) in [6.07, 6.45) is 5.77. The maximum atomic E-state index is 12.6. The van der Waals surface area contributed by atoms with Gasteiger partial charge in [-0.05, 0) is 36.0 Å². The van der Waals surface area contributed by atoms with E-state index in [4.69, 9.17) is 4.42 Å². The predicted molar refractivity (Wildman–Crippen MR) is 101 cm³/mol. The van der Waals surface area contributed by atoms with Crippen molar-refractivity contribution < 1.29 is 17.6 Å². The highest BCUT2D eigenvalue weighted by Gasteiger charge is 2.33. The summed E-state index contributed by atoms with van der Waals surface area (Å²) >= 11 is 0. The molecule has 144 valence electrons. The van der Waals surface area contributed by atoms with Gasteiger partial charge in [-0.2, -0.15) is 0 Å². The number of amides is 1.